The third-order valence-corrected chi connectivity index (χ3v) is 3.44. The monoisotopic (exact) mass is 359 g/mol. The highest BCUT2D eigenvalue weighted by Gasteiger charge is 2.31. The molecule has 4 nitrogen and oxygen atoms in total. The summed E-state index contributed by atoms with van der Waals surface area (Å²) in [5.41, 5.74) is 5.70. The molecule has 0 saturated carbocycles. The van der Waals surface area contributed by atoms with Crippen LogP contribution < -0.4 is 10.5 Å². The van der Waals surface area contributed by atoms with E-state index < -0.39 is 23.9 Å². The fraction of sp³-hybridized carbons (Fsp3) is 0.188. The summed E-state index contributed by atoms with van der Waals surface area (Å²) in [5, 5.41) is -0.218. The molecule has 0 bridgehead atoms. The fourth-order valence-corrected chi connectivity index (χ4v) is 2.16. The van der Waals surface area contributed by atoms with Gasteiger partial charge in [0, 0.05) is 5.56 Å². The lowest BCUT2D eigenvalue weighted by atomic mass is 10.1. The van der Waals surface area contributed by atoms with Crippen molar-refractivity contribution in [2.24, 2.45) is 5.73 Å². The molecule has 2 aromatic carbocycles. The zero-order valence-corrected chi connectivity index (χ0v) is 13.2. The Morgan fingerprint density at radius 2 is 1.92 bits per heavy atom. The molecule has 0 aliphatic heterocycles. The van der Waals surface area contributed by atoms with Gasteiger partial charge in [-0.05, 0) is 30.3 Å². The Balaban J connectivity index is 2.21. The van der Waals surface area contributed by atoms with Gasteiger partial charge in [0.25, 0.3) is 0 Å². The highest BCUT2D eigenvalue weighted by molar-refractivity contribution is 6.32. The van der Waals surface area contributed by atoms with Crippen molar-refractivity contribution in [1.82, 2.24) is 0 Å². The summed E-state index contributed by atoms with van der Waals surface area (Å²) in [7, 11) is 1.24. The van der Waals surface area contributed by atoms with Crippen LogP contribution in [0.4, 0.5) is 13.2 Å². The van der Waals surface area contributed by atoms with Crippen LogP contribution in [0, 0.1) is 0 Å². The first-order chi connectivity index (χ1) is 11.2. The predicted molar refractivity (Wildman–Crippen MR) is 81.8 cm³/mol. The summed E-state index contributed by atoms with van der Waals surface area (Å²) in [6.07, 6.45) is -5.53. The minimum atomic E-state index is -4.50. The van der Waals surface area contributed by atoms with E-state index in [-0.39, 0.29) is 16.3 Å². The van der Waals surface area contributed by atoms with Crippen LogP contribution >= 0.6 is 11.6 Å². The number of esters is 1. The zero-order valence-electron chi connectivity index (χ0n) is 12.4. The van der Waals surface area contributed by atoms with E-state index in [0.29, 0.717) is 5.56 Å². The van der Waals surface area contributed by atoms with Crippen molar-refractivity contribution in [3.8, 4) is 5.75 Å². The Morgan fingerprint density at radius 1 is 1.21 bits per heavy atom. The van der Waals surface area contributed by atoms with Crippen molar-refractivity contribution in [3.05, 3.63) is 64.2 Å². The van der Waals surface area contributed by atoms with Gasteiger partial charge in [-0.3, -0.25) is 5.73 Å². The first kappa shape index (κ1) is 18.1. The normalized spacial score (nSPS) is 12.6. The Hall–Kier alpha value is -2.25. The lowest BCUT2D eigenvalue weighted by Crippen LogP contribution is -2.18. The van der Waals surface area contributed by atoms with Crippen LogP contribution in [0.3, 0.4) is 0 Å². The number of nitrogens with two attached hydrogens (primary N) is 1. The van der Waals surface area contributed by atoms with Crippen LogP contribution in [0.2, 0.25) is 5.02 Å². The summed E-state index contributed by atoms with van der Waals surface area (Å²) in [6.45, 7) is 0. The summed E-state index contributed by atoms with van der Waals surface area (Å²) in [4.78, 5) is 11.5. The number of hydrogen-bond acceptors (Lipinski definition) is 4. The highest BCUT2D eigenvalue weighted by Crippen LogP contribution is 2.35. The summed E-state index contributed by atoms with van der Waals surface area (Å²) in [5.74, 6) is -0.544. The maximum absolute atomic E-state index is 12.6. The molecular weight excluding hydrogens is 347 g/mol. The molecule has 2 N–H and O–H groups in total. The number of ether oxygens (including phenoxy) is 2. The molecule has 128 valence electrons. The topological polar surface area (TPSA) is 61.5 Å². The number of rotatable bonds is 4. The molecule has 0 fully saturated rings. The largest absolute Gasteiger partial charge is 0.470 e. The Kier molecular flexibility index (Phi) is 5.36. The summed E-state index contributed by atoms with van der Waals surface area (Å²) < 4.78 is 47.8. The number of methoxy groups -OCH3 is 1. The van der Waals surface area contributed by atoms with E-state index in [1.807, 2.05) is 0 Å². The third-order valence-electron chi connectivity index (χ3n) is 3.15. The van der Waals surface area contributed by atoms with E-state index >= 15 is 0 Å². The summed E-state index contributed by atoms with van der Waals surface area (Å²) >= 11 is 5.82. The minimum Gasteiger partial charge on any atom is -0.470 e. The number of hydrogen-bond donors (Lipinski definition) is 1. The number of carbonyl (C=O) groups excluding carboxylic acids is 1. The van der Waals surface area contributed by atoms with Crippen LogP contribution in [-0.2, 0) is 10.9 Å². The van der Waals surface area contributed by atoms with E-state index in [0.717, 1.165) is 18.2 Å². The maximum atomic E-state index is 12.6. The average Bonchev–Trinajstić information content (AvgIpc) is 2.55. The molecule has 0 saturated heterocycles. The van der Waals surface area contributed by atoms with Gasteiger partial charge < -0.3 is 9.47 Å². The number of benzene rings is 2. The van der Waals surface area contributed by atoms with Crippen LogP contribution in [0.5, 0.6) is 5.75 Å². The fourth-order valence-electron chi connectivity index (χ4n) is 1.94. The van der Waals surface area contributed by atoms with Crippen molar-refractivity contribution >= 4 is 17.6 Å². The van der Waals surface area contributed by atoms with Gasteiger partial charge in [-0.25, -0.2) is 4.79 Å². The van der Waals surface area contributed by atoms with E-state index in [1.54, 1.807) is 12.1 Å². The first-order valence-electron chi connectivity index (χ1n) is 6.69. The standard InChI is InChI=1S/C16H13ClF3NO3/c1-23-15(22)10-4-2-3-9(7-10)14(21)24-13-6-5-11(8-12(13)17)16(18,19)20/h2-8,14H,21H2,1H3. The molecule has 0 amide bonds. The van der Waals surface area contributed by atoms with Crippen LogP contribution in [0.25, 0.3) is 0 Å². The summed E-state index contributed by atoms with van der Waals surface area (Å²) in [6, 6.07) is 8.89. The van der Waals surface area contributed by atoms with Crippen molar-refractivity contribution in [2.45, 2.75) is 12.4 Å². The van der Waals surface area contributed by atoms with Gasteiger partial charge in [0.05, 0.1) is 23.3 Å². The zero-order chi connectivity index (χ0) is 17.9. The second kappa shape index (κ2) is 7.11. The molecule has 2 aromatic rings. The average molecular weight is 360 g/mol. The Bertz CT molecular complexity index is 750. The van der Waals surface area contributed by atoms with E-state index in [9.17, 15) is 18.0 Å². The van der Waals surface area contributed by atoms with E-state index in [1.165, 1.54) is 19.2 Å². The molecule has 0 heterocycles. The lowest BCUT2D eigenvalue weighted by molar-refractivity contribution is -0.137. The Morgan fingerprint density at radius 3 is 2.50 bits per heavy atom. The molecule has 1 atom stereocenters. The van der Waals surface area contributed by atoms with Crippen LogP contribution in [0.15, 0.2) is 42.5 Å². The molecule has 2 rings (SSSR count). The molecular formula is C16H13ClF3NO3. The molecule has 0 spiro atoms. The van der Waals surface area contributed by atoms with Crippen molar-refractivity contribution < 1.29 is 27.4 Å². The maximum Gasteiger partial charge on any atom is 0.416 e. The minimum absolute atomic E-state index is 0.000591. The smallest absolute Gasteiger partial charge is 0.416 e. The van der Waals surface area contributed by atoms with Gasteiger partial charge in [0.1, 0.15) is 5.75 Å². The van der Waals surface area contributed by atoms with Gasteiger partial charge in [-0.2, -0.15) is 13.2 Å². The third kappa shape index (κ3) is 4.18. The molecule has 0 aromatic heterocycles. The van der Waals surface area contributed by atoms with Crippen LogP contribution in [0.1, 0.15) is 27.7 Å². The highest BCUT2D eigenvalue weighted by atomic mass is 35.5. The molecule has 24 heavy (non-hydrogen) atoms. The number of alkyl halides is 3. The molecule has 0 radical (unpaired) electrons. The van der Waals surface area contributed by atoms with Crippen molar-refractivity contribution in [3.63, 3.8) is 0 Å². The van der Waals surface area contributed by atoms with Gasteiger partial charge in [0.2, 0.25) is 0 Å². The number of halogens is 4. The van der Waals surface area contributed by atoms with Crippen molar-refractivity contribution in [1.29, 1.82) is 0 Å². The quantitative estimate of drug-likeness (QED) is 0.657. The van der Waals surface area contributed by atoms with Gasteiger partial charge in [0.15, 0.2) is 6.23 Å². The van der Waals surface area contributed by atoms with Gasteiger partial charge in [-0.15, -0.1) is 0 Å². The van der Waals surface area contributed by atoms with Crippen LogP contribution in [-0.4, -0.2) is 13.1 Å². The second-order valence-corrected chi connectivity index (χ2v) is 5.21. The second-order valence-electron chi connectivity index (χ2n) is 4.80. The molecule has 0 aliphatic carbocycles. The van der Waals surface area contributed by atoms with Gasteiger partial charge in [-0.1, -0.05) is 23.7 Å². The van der Waals surface area contributed by atoms with E-state index in [2.05, 4.69) is 4.74 Å². The Labute approximate surface area is 140 Å². The van der Waals surface area contributed by atoms with Crippen molar-refractivity contribution in [2.75, 3.05) is 7.11 Å². The van der Waals surface area contributed by atoms with E-state index in [4.69, 9.17) is 22.1 Å². The lowest BCUT2D eigenvalue weighted by Gasteiger charge is -2.17. The number of carbonyl (C=O) groups is 1. The molecule has 1 unspecified atom stereocenters. The SMILES string of the molecule is COC(=O)c1cccc(C(N)Oc2ccc(C(F)(F)F)cc2Cl)c1. The van der Waals surface area contributed by atoms with Gasteiger partial charge >= 0.3 is 12.1 Å². The first-order valence-corrected chi connectivity index (χ1v) is 7.07. The predicted octanol–water partition coefficient (Wildman–Crippen LogP) is 4.18. The molecule has 8 heteroatoms. The molecule has 0 aliphatic rings.